The fourth-order valence-electron chi connectivity index (χ4n) is 2.89. The number of hydrogen-bond acceptors (Lipinski definition) is 4. The van der Waals surface area contributed by atoms with Crippen molar-refractivity contribution in [1.82, 2.24) is 9.88 Å². The average Bonchev–Trinajstić information content (AvgIpc) is 2.81. The molecule has 0 radical (unpaired) electrons. The third-order valence-electron chi connectivity index (χ3n) is 3.92. The summed E-state index contributed by atoms with van der Waals surface area (Å²) in [5.74, 6) is -2.14. The Bertz CT molecular complexity index is 833. The first-order valence-corrected chi connectivity index (χ1v) is 7.38. The zero-order valence-corrected chi connectivity index (χ0v) is 12.9. The number of nitrogens with zero attached hydrogens (tertiary/aromatic N) is 2. The monoisotopic (exact) mass is 326 g/mol. The highest BCUT2D eigenvalue weighted by Gasteiger charge is 2.42. The van der Waals surface area contributed by atoms with E-state index in [0.29, 0.717) is 5.56 Å². The van der Waals surface area contributed by atoms with Crippen LogP contribution in [0.3, 0.4) is 0 Å². The van der Waals surface area contributed by atoms with Crippen LogP contribution in [0.25, 0.3) is 0 Å². The topological polar surface area (TPSA) is 70.5 Å². The molecule has 1 aliphatic heterocycles. The van der Waals surface area contributed by atoms with Gasteiger partial charge in [-0.05, 0) is 36.2 Å². The third kappa shape index (κ3) is 2.78. The van der Waals surface area contributed by atoms with Gasteiger partial charge < -0.3 is 10.0 Å². The first kappa shape index (κ1) is 15.9. The second kappa shape index (κ2) is 6.23. The minimum Gasteiger partial charge on any atom is -0.503 e. The standard InChI is InChI=1S/C18H15FN2O3/c1-11(22)15-16(13-5-2-6-14(19)8-13)21(18(24)17(15)23)10-12-4-3-7-20-9-12/h2-9,16,23H,10H2,1H3/t16-/m0/s1. The Kier molecular flexibility index (Phi) is 4.12. The van der Waals surface area contributed by atoms with Crippen molar-refractivity contribution in [2.75, 3.05) is 0 Å². The van der Waals surface area contributed by atoms with Crippen molar-refractivity contribution in [1.29, 1.82) is 0 Å². The number of pyridine rings is 1. The Balaban J connectivity index is 2.06. The summed E-state index contributed by atoms with van der Waals surface area (Å²) in [5.41, 5.74) is 1.15. The normalized spacial score (nSPS) is 17.5. The van der Waals surface area contributed by atoms with Crippen molar-refractivity contribution in [3.05, 3.63) is 77.1 Å². The number of aliphatic hydroxyl groups excluding tert-OH is 1. The summed E-state index contributed by atoms with van der Waals surface area (Å²) in [6.45, 7) is 1.42. The van der Waals surface area contributed by atoms with E-state index in [0.717, 1.165) is 5.56 Å². The summed E-state index contributed by atoms with van der Waals surface area (Å²) in [5, 5.41) is 10.1. The predicted molar refractivity (Wildman–Crippen MR) is 84.3 cm³/mol. The van der Waals surface area contributed by atoms with E-state index in [-0.39, 0.29) is 12.1 Å². The van der Waals surface area contributed by atoms with E-state index in [4.69, 9.17) is 0 Å². The van der Waals surface area contributed by atoms with Gasteiger partial charge in [-0.2, -0.15) is 0 Å². The smallest absolute Gasteiger partial charge is 0.290 e. The van der Waals surface area contributed by atoms with Gasteiger partial charge in [-0.25, -0.2) is 4.39 Å². The summed E-state index contributed by atoms with van der Waals surface area (Å²) in [6.07, 6.45) is 3.20. The molecule has 1 N–H and O–H groups in total. The molecule has 1 aliphatic rings. The van der Waals surface area contributed by atoms with Crippen LogP contribution in [0.1, 0.15) is 24.1 Å². The summed E-state index contributed by atoms with van der Waals surface area (Å²) in [4.78, 5) is 29.8. The Morgan fingerprint density at radius 1 is 1.33 bits per heavy atom. The lowest BCUT2D eigenvalue weighted by atomic mass is 9.96. The molecule has 5 nitrogen and oxygen atoms in total. The zero-order valence-electron chi connectivity index (χ0n) is 12.9. The van der Waals surface area contributed by atoms with Crippen LogP contribution in [0.5, 0.6) is 0 Å². The highest BCUT2D eigenvalue weighted by molar-refractivity contribution is 6.08. The van der Waals surface area contributed by atoms with E-state index in [1.807, 2.05) is 0 Å². The molecule has 0 spiro atoms. The summed E-state index contributed by atoms with van der Waals surface area (Å²) < 4.78 is 13.6. The lowest BCUT2D eigenvalue weighted by molar-refractivity contribution is -0.130. The molecule has 6 heteroatoms. The Hall–Kier alpha value is -3.02. The van der Waals surface area contributed by atoms with E-state index >= 15 is 0 Å². The number of ketones is 1. The highest BCUT2D eigenvalue weighted by Crippen LogP contribution is 2.38. The maximum Gasteiger partial charge on any atom is 0.290 e. The van der Waals surface area contributed by atoms with Crippen molar-refractivity contribution < 1.29 is 19.1 Å². The number of aliphatic hydroxyl groups is 1. The molecule has 0 saturated carbocycles. The summed E-state index contributed by atoms with van der Waals surface area (Å²) >= 11 is 0. The fourth-order valence-corrected chi connectivity index (χ4v) is 2.89. The van der Waals surface area contributed by atoms with Crippen LogP contribution < -0.4 is 0 Å². The molecule has 1 amide bonds. The summed E-state index contributed by atoms with van der Waals surface area (Å²) in [6, 6.07) is 8.35. The Morgan fingerprint density at radius 2 is 2.12 bits per heavy atom. The van der Waals surface area contributed by atoms with Crippen LogP contribution in [0.2, 0.25) is 0 Å². The van der Waals surface area contributed by atoms with Crippen LogP contribution in [0, 0.1) is 5.82 Å². The van der Waals surface area contributed by atoms with Crippen molar-refractivity contribution in [2.45, 2.75) is 19.5 Å². The van der Waals surface area contributed by atoms with Gasteiger partial charge in [0.2, 0.25) is 0 Å². The number of aromatic nitrogens is 1. The minimum absolute atomic E-state index is 0.0190. The van der Waals surface area contributed by atoms with E-state index < -0.39 is 29.3 Å². The van der Waals surface area contributed by atoms with Gasteiger partial charge in [0.25, 0.3) is 5.91 Å². The second-order valence-electron chi connectivity index (χ2n) is 5.57. The molecule has 0 bridgehead atoms. The quantitative estimate of drug-likeness (QED) is 0.938. The molecule has 2 heterocycles. The predicted octanol–water partition coefficient (Wildman–Crippen LogP) is 2.71. The highest BCUT2D eigenvalue weighted by atomic mass is 19.1. The lowest BCUT2D eigenvalue weighted by Crippen LogP contribution is -2.30. The molecule has 0 saturated heterocycles. The number of carbonyl (C=O) groups is 2. The third-order valence-corrected chi connectivity index (χ3v) is 3.92. The van der Waals surface area contributed by atoms with Crippen LogP contribution in [-0.4, -0.2) is 26.7 Å². The van der Waals surface area contributed by atoms with Gasteiger partial charge >= 0.3 is 0 Å². The Labute approximate surface area is 138 Å². The van der Waals surface area contributed by atoms with Crippen molar-refractivity contribution in [3.63, 3.8) is 0 Å². The molecular formula is C18H15FN2O3. The van der Waals surface area contributed by atoms with Crippen LogP contribution in [-0.2, 0) is 16.1 Å². The first-order valence-electron chi connectivity index (χ1n) is 7.38. The minimum atomic E-state index is -0.828. The van der Waals surface area contributed by atoms with E-state index in [9.17, 15) is 19.1 Å². The number of rotatable bonds is 4. The van der Waals surface area contributed by atoms with Gasteiger partial charge in [0.15, 0.2) is 11.5 Å². The first-order chi connectivity index (χ1) is 11.5. The molecule has 3 rings (SSSR count). The number of halogens is 1. The Morgan fingerprint density at radius 3 is 2.75 bits per heavy atom. The van der Waals surface area contributed by atoms with Crippen molar-refractivity contribution in [3.8, 4) is 0 Å². The zero-order chi connectivity index (χ0) is 17.3. The fraction of sp³-hybridized carbons (Fsp3) is 0.167. The van der Waals surface area contributed by atoms with E-state index in [1.54, 1.807) is 30.6 Å². The maximum absolute atomic E-state index is 13.6. The maximum atomic E-state index is 13.6. The van der Waals surface area contributed by atoms with E-state index in [1.165, 1.54) is 30.0 Å². The number of hydrogen-bond donors (Lipinski definition) is 1. The molecule has 1 aromatic carbocycles. The second-order valence-corrected chi connectivity index (χ2v) is 5.57. The largest absolute Gasteiger partial charge is 0.503 e. The van der Waals surface area contributed by atoms with Crippen LogP contribution in [0.4, 0.5) is 4.39 Å². The lowest BCUT2D eigenvalue weighted by Gasteiger charge is -2.26. The van der Waals surface area contributed by atoms with Gasteiger partial charge in [0.1, 0.15) is 5.82 Å². The van der Waals surface area contributed by atoms with Crippen molar-refractivity contribution in [2.24, 2.45) is 0 Å². The molecule has 122 valence electrons. The molecule has 24 heavy (non-hydrogen) atoms. The molecule has 1 atom stereocenters. The molecule has 0 aliphatic carbocycles. The van der Waals surface area contributed by atoms with Gasteiger partial charge in [-0.1, -0.05) is 18.2 Å². The van der Waals surface area contributed by atoms with Crippen molar-refractivity contribution >= 4 is 11.7 Å². The average molecular weight is 326 g/mol. The molecule has 2 aromatic rings. The van der Waals surface area contributed by atoms with Gasteiger partial charge in [0.05, 0.1) is 11.6 Å². The van der Waals surface area contributed by atoms with Gasteiger partial charge in [-0.3, -0.25) is 14.6 Å². The molecule has 1 aromatic heterocycles. The molecule has 0 fully saturated rings. The SMILES string of the molecule is CC(=O)C1=C(O)C(=O)N(Cc2cccnc2)[C@H]1c1cccc(F)c1. The molecular weight excluding hydrogens is 311 g/mol. The summed E-state index contributed by atoms with van der Waals surface area (Å²) in [7, 11) is 0. The van der Waals surface area contributed by atoms with Crippen LogP contribution in [0.15, 0.2) is 60.1 Å². The molecule has 0 unspecified atom stereocenters. The number of carbonyl (C=O) groups excluding carboxylic acids is 2. The van der Waals surface area contributed by atoms with Gasteiger partial charge in [0, 0.05) is 18.9 Å². The number of amides is 1. The van der Waals surface area contributed by atoms with E-state index in [2.05, 4.69) is 4.98 Å². The van der Waals surface area contributed by atoms with Crippen LogP contribution >= 0.6 is 0 Å². The number of benzene rings is 1. The number of Topliss-reactive ketones (excluding diaryl/α,β-unsaturated/α-hetero) is 1. The van der Waals surface area contributed by atoms with Gasteiger partial charge in [-0.15, -0.1) is 0 Å².